The molecule has 1 aromatic rings. The van der Waals surface area contributed by atoms with Gasteiger partial charge >= 0.3 is 0 Å². The molecule has 1 aromatic carbocycles. The van der Waals surface area contributed by atoms with Crippen molar-refractivity contribution in [2.75, 3.05) is 19.3 Å². The van der Waals surface area contributed by atoms with Crippen molar-refractivity contribution in [3.63, 3.8) is 0 Å². The minimum Gasteiger partial charge on any atom is -0.315 e. The summed E-state index contributed by atoms with van der Waals surface area (Å²) in [6.07, 6.45) is 4.70. The number of rotatable bonds is 8. The third-order valence-corrected chi connectivity index (χ3v) is 5.58. The maximum Gasteiger partial charge on any atom is 0.0276 e. The lowest BCUT2D eigenvalue weighted by molar-refractivity contribution is 0.483. The van der Waals surface area contributed by atoms with Crippen LogP contribution in [0.5, 0.6) is 0 Å². The van der Waals surface area contributed by atoms with E-state index < -0.39 is 0 Å². The van der Waals surface area contributed by atoms with Gasteiger partial charge in [0, 0.05) is 17.8 Å². The normalized spacial score (nSPS) is 13.6. The molecule has 1 atom stereocenters. The van der Waals surface area contributed by atoms with Crippen LogP contribution in [0.4, 0.5) is 0 Å². The van der Waals surface area contributed by atoms with Crippen LogP contribution in [0.15, 0.2) is 30.3 Å². The van der Waals surface area contributed by atoms with E-state index >= 15 is 0 Å². The first-order chi connectivity index (χ1) is 8.67. The van der Waals surface area contributed by atoms with E-state index in [1.807, 2.05) is 11.8 Å². The number of hydrogen-bond acceptors (Lipinski definition) is 2. The first kappa shape index (κ1) is 15.6. The van der Waals surface area contributed by atoms with Gasteiger partial charge < -0.3 is 5.32 Å². The van der Waals surface area contributed by atoms with Crippen molar-refractivity contribution < 1.29 is 0 Å². The zero-order chi connectivity index (χ0) is 13.4. The van der Waals surface area contributed by atoms with Crippen LogP contribution < -0.4 is 5.32 Å². The molecule has 0 aliphatic heterocycles. The highest BCUT2D eigenvalue weighted by molar-refractivity contribution is 8.00. The minimum absolute atomic E-state index is 0.413. The molecule has 0 spiro atoms. The Kier molecular flexibility index (Phi) is 6.80. The van der Waals surface area contributed by atoms with Gasteiger partial charge in [0.1, 0.15) is 0 Å². The van der Waals surface area contributed by atoms with Gasteiger partial charge in [0.15, 0.2) is 0 Å². The summed E-state index contributed by atoms with van der Waals surface area (Å²) in [6, 6.07) is 10.8. The van der Waals surface area contributed by atoms with Gasteiger partial charge in [0.05, 0.1) is 0 Å². The lowest BCUT2D eigenvalue weighted by atomic mass is 9.99. The van der Waals surface area contributed by atoms with Crippen LogP contribution in [0.25, 0.3) is 0 Å². The molecule has 18 heavy (non-hydrogen) atoms. The Bertz CT molecular complexity index is 311. The van der Waals surface area contributed by atoms with E-state index in [-0.39, 0.29) is 0 Å². The zero-order valence-corrected chi connectivity index (χ0v) is 13.0. The minimum atomic E-state index is 0.413. The molecular weight excluding hydrogens is 238 g/mol. The second-order valence-corrected chi connectivity index (χ2v) is 6.31. The molecule has 102 valence electrons. The summed E-state index contributed by atoms with van der Waals surface area (Å²) in [5, 5.41) is 3.66. The fourth-order valence-corrected chi connectivity index (χ4v) is 3.10. The molecular formula is C16H27NS. The number of thioether (sulfide) groups is 1. The third-order valence-electron chi connectivity index (χ3n) is 3.99. The molecule has 0 saturated heterocycles. The van der Waals surface area contributed by atoms with Crippen LogP contribution >= 0.6 is 11.8 Å². The van der Waals surface area contributed by atoms with Crippen LogP contribution in [0, 0.1) is 0 Å². The Morgan fingerprint density at radius 2 is 1.78 bits per heavy atom. The Labute approximate surface area is 117 Å². The van der Waals surface area contributed by atoms with Crippen molar-refractivity contribution in [3.05, 3.63) is 35.9 Å². The van der Waals surface area contributed by atoms with E-state index in [1.165, 1.54) is 18.4 Å². The van der Waals surface area contributed by atoms with Gasteiger partial charge in [0.2, 0.25) is 0 Å². The van der Waals surface area contributed by atoms with Crippen LogP contribution in [0.3, 0.4) is 0 Å². The first-order valence-corrected chi connectivity index (χ1v) is 8.20. The largest absolute Gasteiger partial charge is 0.315 e. The summed E-state index contributed by atoms with van der Waals surface area (Å²) >= 11 is 2.00. The molecule has 0 heterocycles. The van der Waals surface area contributed by atoms with Crippen molar-refractivity contribution in [2.24, 2.45) is 0 Å². The molecule has 1 unspecified atom stereocenters. The van der Waals surface area contributed by atoms with Gasteiger partial charge in [-0.1, -0.05) is 51.1 Å². The molecule has 0 aromatic heterocycles. The second-order valence-electron chi connectivity index (χ2n) is 5.04. The predicted octanol–water partition coefficient (Wildman–Crippen LogP) is 4.30. The summed E-state index contributed by atoms with van der Waals surface area (Å²) in [5.74, 6) is 0.583. The third kappa shape index (κ3) is 4.33. The van der Waals surface area contributed by atoms with Crippen LogP contribution in [-0.2, 0) is 0 Å². The number of hydrogen-bond donors (Lipinski definition) is 1. The topological polar surface area (TPSA) is 12.0 Å². The fraction of sp³-hybridized carbons (Fsp3) is 0.625. The van der Waals surface area contributed by atoms with Crippen molar-refractivity contribution in [2.45, 2.75) is 44.3 Å². The highest BCUT2D eigenvalue weighted by atomic mass is 32.2. The van der Waals surface area contributed by atoms with Crippen molar-refractivity contribution >= 4 is 11.8 Å². The van der Waals surface area contributed by atoms with E-state index in [0.29, 0.717) is 10.7 Å². The molecule has 0 aliphatic rings. The molecule has 1 rings (SSSR count). The molecule has 0 saturated carbocycles. The maximum atomic E-state index is 3.66. The Balaban J connectivity index is 2.42. The second kappa shape index (κ2) is 7.85. The standard InChI is InChI=1S/C16H27NS/c1-5-16(6-2,18-4)13-17-12-14(3)15-10-8-7-9-11-15/h7-11,14,17H,5-6,12-13H2,1-4H3. The molecule has 2 heteroatoms. The monoisotopic (exact) mass is 265 g/mol. The van der Waals surface area contributed by atoms with Gasteiger partial charge in [0.25, 0.3) is 0 Å². The van der Waals surface area contributed by atoms with E-state index in [4.69, 9.17) is 0 Å². The highest BCUT2D eigenvalue weighted by Crippen LogP contribution is 2.29. The maximum absolute atomic E-state index is 3.66. The smallest absolute Gasteiger partial charge is 0.0276 e. The van der Waals surface area contributed by atoms with Crippen molar-refractivity contribution in [1.82, 2.24) is 5.32 Å². The predicted molar refractivity (Wildman–Crippen MR) is 84.6 cm³/mol. The van der Waals surface area contributed by atoms with Gasteiger partial charge in [-0.15, -0.1) is 0 Å². The Morgan fingerprint density at radius 3 is 2.28 bits per heavy atom. The average Bonchev–Trinajstić information content (AvgIpc) is 2.45. The van der Waals surface area contributed by atoms with E-state index in [1.54, 1.807) is 0 Å². The lowest BCUT2D eigenvalue weighted by Gasteiger charge is -2.30. The lowest BCUT2D eigenvalue weighted by Crippen LogP contribution is -2.38. The Morgan fingerprint density at radius 1 is 1.17 bits per heavy atom. The molecule has 1 N–H and O–H groups in total. The summed E-state index contributed by atoms with van der Waals surface area (Å²) < 4.78 is 0.413. The van der Waals surface area contributed by atoms with Gasteiger partial charge in [-0.25, -0.2) is 0 Å². The number of nitrogens with one attached hydrogen (secondary N) is 1. The summed E-state index contributed by atoms with van der Waals surface area (Å²) in [7, 11) is 0. The molecule has 0 fully saturated rings. The van der Waals surface area contributed by atoms with Crippen molar-refractivity contribution in [1.29, 1.82) is 0 Å². The van der Waals surface area contributed by atoms with Crippen molar-refractivity contribution in [3.8, 4) is 0 Å². The Hall–Kier alpha value is -0.470. The quantitative estimate of drug-likeness (QED) is 0.752. The molecule has 0 radical (unpaired) electrons. The van der Waals surface area contributed by atoms with E-state index in [2.05, 4.69) is 62.7 Å². The molecule has 0 amide bonds. The first-order valence-electron chi connectivity index (χ1n) is 6.98. The average molecular weight is 265 g/mol. The van der Waals surface area contributed by atoms with Gasteiger partial charge in [-0.2, -0.15) is 11.8 Å². The van der Waals surface area contributed by atoms with Crippen LogP contribution in [-0.4, -0.2) is 24.1 Å². The highest BCUT2D eigenvalue weighted by Gasteiger charge is 2.24. The summed E-state index contributed by atoms with van der Waals surface area (Å²) in [4.78, 5) is 0. The van der Waals surface area contributed by atoms with E-state index in [0.717, 1.165) is 13.1 Å². The zero-order valence-electron chi connectivity index (χ0n) is 12.2. The molecule has 0 aliphatic carbocycles. The summed E-state index contributed by atoms with van der Waals surface area (Å²) in [6.45, 7) is 9.05. The van der Waals surface area contributed by atoms with Crippen LogP contribution in [0.1, 0.15) is 45.1 Å². The molecule has 1 nitrogen and oxygen atoms in total. The fourth-order valence-electron chi connectivity index (χ4n) is 2.28. The van der Waals surface area contributed by atoms with Gasteiger partial charge in [-0.3, -0.25) is 0 Å². The van der Waals surface area contributed by atoms with E-state index in [9.17, 15) is 0 Å². The van der Waals surface area contributed by atoms with Gasteiger partial charge in [-0.05, 0) is 30.6 Å². The number of benzene rings is 1. The summed E-state index contributed by atoms with van der Waals surface area (Å²) in [5.41, 5.74) is 1.42. The van der Waals surface area contributed by atoms with Crippen LogP contribution in [0.2, 0.25) is 0 Å². The SMILES string of the molecule is CCC(CC)(CNCC(C)c1ccccc1)SC. The molecule has 0 bridgehead atoms.